The number of thiocarbonyl (C=S) groups is 2. The van der Waals surface area contributed by atoms with Gasteiger partial charge < -0.3 is 20.0 Å². The van der Waals surface area contributed by atoms with E-state index in [1.165, 1.54) is 0 Å². The summed E-state index contributed by atoms with van der Waals surface area (Å²) in [5.41, 5.74) is 0. The van der Waals surface area contributed by atoms with E-state index in [0.29, 0.717) is 8.64 Å². The molecule has 2 atom stereocenters. The van der Waals surface area contributed by atoms with Crippen LogP contribution in [0.2, 0.25) is 0 Å². The molecule has 0 amide bonds. The first kappa shape index (κ1) is 16.4. The summed E-state index contributed by atoms with van der Waals surface area (Å²) in [6.07, 6.45) is -1.83. The van der Waals surface area contributed by atoms with E-state index < -0.39 is 12.2 Å². The first-order chi connectivity index (χ1) is 7.25. The van der Waals surface area contributed by atoms with Crippen LogP contribution in [0.3, 0.4) is 0 Å². The Morgan fingerprint density at radius 1 is 1.00 bits per heavy atom. The Morgan fingerprint density at radius 2 is 1.25 bits per heavy atom. The first-order valence-electron chi connectivity index (χ1n) is 4.50. The van der Waals surface area contributed by atoms with Crippen molar-refractivity contribution in [1.82, 2.24) is 9.80 Å². The summed E-state index contributed by atoms with van der Waals surface area (Å²) < 4.78 is 0.730. The lowest BCUT2D eigenvalue weighted by Gasteiger charge is -2.27. The Morgan fingerprint density at radius 3 is 1.44 bits per heavy atom. The standard InChI is InChI=1S/C8H16N2O2S4/c1-9(7(13)14)3-5(11)6(12)4-10(2)8(15)16/h5-6,11-12H,3-4H2,1-2H3,(H,13,14)(H,15,16)/t5-,6-/m0/s1. The summed E-state index contributed by atoms with van der Waals surface area (Å²) in [5.74, 6) is 0. The van der Waals surface area contributed by atoms with Crippen molar-refractivity contribution >= 4 is 58.3 Å². The van der Waals surface area contributed by atoms with Gasteiger partial charge >= 0.3 is 0 Å². The predicted octanol–water partition coefficient (Wildman–Crippen LogP) is 0.00120. The van der Waals surface area contributed by atoms with E-state index in [2.05, 4.69) is 25.3 Å². The van der Waals surface area contributed by atoms with E-state index >= 15 is 0 Å². The van der Waals surface area contributed by atoms with Gasteiger partial charge in [0.15, 0.2) is 0 Å². The minimum absolute atomic E-state index is 0.219. The highest BCUT2D eigenvalue weighted by Crippen LogP contribution is 2.03. The molecule has 0 heterocycles. The Hall–Kier alpha value is 0.400. The van der Waals surface area contributed by atoms with Crippen molar-refractivity contribution in [1.29, 1.82) is 0 Å². The molecule has 4 nitrogen and oxygen atoms in total. The number of aliphatic hydroxyl groups is 2. The molecule has 0 aliphatic carbocycles. The van der Waals surface area contributed by atoms with Gasteiger partial charge in [-0.25, -0.2) is 0 Å². The molecular formula is C8H16N2O2S4. The number of hydrogen-bond acceptors (Lipinski definition) is 4. The molecular weight excluding hydrogens is 284 g/mol. The fourth-order valence-electron chi connectivity index (χ4n) is 0.961. The number of nitrogens with zero attached hydrogens (tertiary/aromatic N) is 2. The van der Waals surface area contributed by atoms with Crippen molar-refractivity contribution in [3.63, 3.8) is 0 Å². The van der Waals surface area contributed by atoms with E-state index in [4.69, 9.17) is 24.4 Å². The number of rotatable bonds is 5. The van der Waals surface area contributed by atoms with Gasteiger partial charge in [-0.3, -0.25) is 0 Å². The normalized spacial score (nSPS) is 14.1. The lowest BCUT2D eigenvalue weighted by atomic mass is 10.2. The monoisotopic (exact) mass is 300 g/mol. The quantitative estimate of drug-likeness (QED) is 0.424. The van der Waals surface area contributed by atoms with Crippen LogP contribution < -0.4 is 0 Å². The third-order valence-electron chi connectivity index (χ3n) is 2.02. The van der Waals surface area contributed by atoms with Crippen molar-refractivity contribution in [2.75, 3.05) is 27.2 Å². The van der Waals surface area contributed by atoms with E-state index in [1.807, 2.05) is 0 Å². The molecule has 94 valence electrons. The summed E-state index contributed by atoms with van der Waals surface area (Å²) >= 11 is 17.5. The first-order valence-corrected chi connectivity index (χ1v) is 6.21. The second-order valence-corrected chi connectivity index (χ2v) is 5.69. The fraction of sp³-hybridized carbons (Fsp3) is 0.750. The van der Waals surface area contributed by atoms with Gasteiger partial charge in [0.2, 0.25) is 0 Å². The zero-order valence-electron chi connectivity index (χ0n) is 9.07. The molecule has 0 saturated carbocycles. The van der Waals surface area contributed by atoms with E-state index in [0.717, 1.165) is 0 Å². The van der Waals surface area contributed by atoms with Crippen LogP contribution in [0, 0.1) is 0 Å². The van der Waals surface area contributed by atoms with E-state index in [-0.39, 0.29) is 13.1 Å². The maximum absolute atomic E-state index is 9.69. The van der Waals surface area contributed by atoms with Crippen LogP contribution in [-0.2, 0) is 0 Å². The SMILES string of the molecule is CN(C[C@H](O)[C@@H](O)CN(C)C(=S)S)C(=S)S. The minimum Gasteiger partial charge on any atom is -0.389 e. The number of aliphatic hydroxyl groups excluding tert-OH is 2. The topological polar surface area (TPSA) is 46.9 Å². The van der Waals surface area contributed by atoms with Crippen LogP contribution in [0.4, 0.5) is 0 Å². The molecule has 0 rings (SSSR count). The molecule has 0 aliphatic rings. The third-order valence-corrected chi connectivity index (χ3v) is 3.33. The highest BCUT2D eigenvalue weighted by molar-refractivity contribution is 8.11. The van der Waals surface area contributed by atoms with Crippen molar-refractivity contribution < 1.29 is 10.2 Å². The Balaban J connectivity index is 4.13. The average molecular weight is 300 g/mol. The lowest BCUT2D eigenvalue weighted by molar-refractivity contribution is 0.00346. The second-order valence-electron chi connectivity index (χ2n) is 3.46. The van der Waals surface area contributed by atoms with Gasteiger partial charge in [-0.15, -0.1) is 25.3 Å². The summed E-state index contributed by atoms with van der Waals surface area (Å²) in [5, 5.41) is 19.4. The molecule has 2 N–H and O–H groups in total. The molecule has 0 aromatic rings. The third kappa shape index (κ3) is 6.21. The van der Waals surface area contributed by atoms with Gasteiger partial charge in [-0.2, -0.15) is 0 Å². The van der Waals surface area contributed by atoms with Crippen molar-refractivity contribution in [3.05, 3.63) is 0 Å². The highest BCUT2D eigenvalue weighted by atomic mass is 32.1. The highest BCUT2D eigenvalue weighted by Gasteiger charge is 2.20. The maximum atomic E-state index is 9.69. The van der Waals surface area contributed by atoms with Crippen LogP contribution in [-0.4, -0.2) is 68.0 Å². The average Bonchev–Trinajstić information content (AvgIpc) is 2.16. The van der Waals surface area contributed by atoms with Gasteiger partial charge in [-0.05, 0) is 0 Å². The summed E-state index contributed by atoms with van der Waals surface area (Å²) in [7, 11) is 3.39. The smallest absolute Gasteiger partial charge is 0.133 e. The van der Waals surface area contributed by atoms with Crippen LogP contribution in [0.5, 0.6) is 0 Å². The molecule has 8 heteroatoms. The Kier molecular flexibility index (Phi) is 7.87. The number of thiol groups is 2. The Bertz CT molecular complexity index is 238. The van der Waals surface area contributed by atoms with Crippen molar-refractivity contribution in [2.45, 2.75) is 12.2 Å². The molecule has 0 aliphatic heterocycles. The second kappa shape index (κ2) is 7.67. The molecule has 0 saturated heterocycles. The van der Waals surface area contributed by atoms with Crippen molar-refractivity contribution in [2.24, 2.45) is 0 Å². The summed E-state index contributed by atoms with van der Waals surface area (Å²) in [6, 6.07) is 0. The zero-order valence-corrected chi connectivity index (χ0v) is 12.5. The largest absolute Gasteiger partial charge is 0.389 e. The summed E-state index contributed by atoms with van der Waals surface area (Å²) in [4.78, 5) is 3.15. The molecule has 0 spiro atoms. The number of likely N-dealkylation sites (N-methyl/N-ethyl adjacent to an activating group) is 2. The van der Waals surface area contributed by atoms with Crippen LogP contribution in [0.25, 0.3) is 0 Å². The van der Waals surface area contributed by atoms with Crippen LogP contribution >= 0.6 is 49.7 Å². The maximum Gasteiger partial charge on any atom is 0.133 e. The Labute approximate surface area is 117 Å². The molecule has 0 aromatic heterocycles. The van der Waals surface area contributed by atoms with E-state index in [1.54, 1.807) is 23.9 Å². The fourth-order valence-corrected chi connectivity index (χ4v) is 1.27. The molecule has 16 heavy (non-hydrogen) atoms. The predicted molar refractivity (Wildman–Crippen MR) is 80.4 cm³/mol. The van der Waals surface area contributed by atoms with Crippen molar-refractivity contribution in [3.8, 4) is 0 Å². The minimum atomic E-state index is -0.916. The van der Waals surface area contributed by atoms with Gasteiger partial charge in [0.1, 0.15) is 8.64 Å². The lowest BCUT2D eigenvalue weighted by Crippen LogP contribution is -2.44. The molecule has 0 bridgehead atoms. The van der Waals surface area contributed by atoms with Gasteiger partial charge in [0.25, 0.3) is 0 Å². The van der Waals surface area contributed by atoms with Crippen LogP contribution in [0.1, 0.15) is 0 Å². The van der Waals surface area contributed by atoms with Gasteiger partial charge in [0, 0.05) is 27.2 Å². The van der Waals surface area contributed by atoms with E-state index in [9.17, 15) is 10.2 Å². The van der Waals surface area contributed by atoms with Crippen LogP contribution in [0.15, 0.2) is 0 Å². The van der Waals surface area contributed by atoms with Gasteiger partial charge in [0.05, 0.1) is 12.2 Å². The summed E-state index contributed by atoms with van der Waals surface area (Å²) in [6.45, 7) is 0.438. The molecule has 0 radical (unpaired) electrons. The zero-order chi connectivity index (χ0) is 12.9. The van der Waals surface area contributed by atoms with Gasteiger partial charge in [-0.1, -0.05) is 24.4 Å². The molecule has 0 fully saturated rings. The molecule has 0 unspecified atom stereocenters. The number of hydrogen-bond donors (Lipinski definition) is 4. The molecule has 0 aromatic carbocycles.